The number of nitrogens with zero attached hydrogens (tertiary/aromatic N) is 1. The first-order valence-corrected chi connectivity index (χ1v) is 9.70. The molecule has 1 heterocycles. The summed E-state index contributed by atoms with van der Waals surface area (Å²) >= 11 is 0. The van der Waals surface area contributed by atoms with Crippen LogP contribution in [0.4, 0.5) is 5.69 Å². The Hall–Kier alpha value is -3.68. The lowest BCUT2D eigenvalue weighted by atomic mass is 10.0. The molecule has 1 aliphatic heterocycles. The van der Waals surface area contributed by atoms with Gasteiger partial charge in [0.15, 0.2) is 11.5 Å². The summed E-state index contributed by atoms with van der Waals surface area (Å²) in [7, 11) is 4.59. The average Bonchev–Trinajstić information content (AvgIpc) is 3.21. The van der Waals surface area contributed by atoms with Gasteiger partial charge in [-0.05, 0) is 35.8 Å². The summed E-state index contributed by atoms with van der Waals surface area (Å²) in [4.78, 5) is 26.3. The first kappa shape index (κ1) is 22.0. The third-order valence-corrected chi connectivity index (χ3v) is 5.10. The SMILES string of the molecule is COc1ccc(C2=CN(C(=O)c3cc(OC)c(OC)cc3N)[C@H](COC(C)=O)C2)cc1. The second-order valence-electron chi connectivity index (χ2n) is 7.05. The first-order chi connectivity index (χ1) is 14.9. The lowest BCUT2D eigenvalue weighted by molar-refractivity contribution is -0.142. The minimum Gasteiger partial charge on any atom is -0.497 e. The van der Waals surface area contributed by atoms with Gasteiger partial charge < -0.3 is 29.6 Å². The minimum absolute atomic E-state index is 0.0738. The number of nitrogens with two attached hydrogens (primary N) is 1. The second kappa shape index (κ2) is 9.42. The van der Waals surface area contributed by atoms with Gasteiger partial charge in [0.1, 0.15) is 12.4 Å². The van der Waals surface area contributed by atoms with Crippen molar-refractivity contribution in [3.8, 4) is 17.2 Å². The number of ether oxygens (including phenoxy) is 4. The quantitative estimate of drug-likeness (QED) is 0.536. The van der Waals surface area contributed by atoms with Crippen LogP contribution in [-0.4, -0.2) is 50.8 Å². The maximum absolute atomic E-state index is 13.4. The zero-order chi connectivity index (χ0) is 22.5. The summed E-state index contributed by atoms with van der Waals surface area (Å²) in [5, 5.41) is 0. The lowest BCUT2D eigenvalue weighted by Crippen LogP contribution is -2.37. The van der Waals surface area contributed by atoms with Crippen molar-refractivity contribution < 1.29 is 28.5 Å². The molecule has 0 saturated carbocycles. The highest BCUT2D eigenvalue weighted by Gasteiger charge is 2.32. The Morgan fingerprint density at radius 2 is 1.68 bits per heavy atom. The molecule has 0 saturated heterocycles. The number of esters is 1. The molecule has 0 spiro atoms. The number of benzene rings is 2. The summed E-state index contributed by atoms with van der Waals surface area (Å²) in [6.07, 6.45) is 2.30. The maximum Gasteiger partial charge on any atom is 0.302 e. The summed E-state index contributed by atoms with van der Waals surface area (Å²) < 4.78 is 21.0. The fourth-order valence-electron chi connectivity index (χ4n) is 3.47. The van der Waals surface area contributed by atoms with E-state index in [0.29, 0.717) is 17.9 Å². The Bertz CT molecular complexity index is 1000. The van der Waals surface area contributed by atoms with Gasteiger partial charge in [-0.2, -0.15) is 0 Å². The molecule has 8 heteroatoms. The zero-order valence-electron chi connectivity index (χ0n) is 18.0. The monoisotopic (exact) mass is 426 g/mol. The van der Waals surface area contributed by atoms with Gasteiger partial charge in [-0.1, -0.05) is 12.1 Å². The highest BCUT2D eigenvalue weighted by Crippen LogP contribution is 2.36. The normalized spacial score (nSPS) is 15.3. The van der Waals surface area contributed by atoms with Crippen molar-refractivity contribution in [2.75, 3.05) is 33.7 Å². The Labute approximate surface area is 181 Å². The fraction of sp³-hybridized carbons (Fsp3) is 0.304. The van der Waals surface area contributed by atoms with E-state index in [0.717, 1.165) is 16.9 Å². The predicted molar refractivity (Wildman–Crippen MR) is 116 cm³/mol. The van der Waals surface area contributed by atoms with Gasteiger partial charge in [0.25, 0.3) is 5.91 Å². The van der Waals surface area contributed by atoms with Crippen molar-refractivity contribution in [2.24, 2.45) is 0 Å². The number of methoxy groups -OCH3 is 3. The van der Waals surface area contributed by atoms with E-state index in [2.05, 4.69) is 0 Å². The van der Waals surface area contributed by atoms with E-state index in [4.69, 9.17) is 24.7 Å². The molecule has 31 heavy (non-hydrogen) atoms. The molecule has 0 unspecified atom stereocenters. The van der Waals surface area contributed by atoms with Gasteiger partial charge in [0.05, 0.1) is 32.9 Å². The van der Waals surface area contributed by atoms with Crippen LogP contribution in [0.2, 0.25) is 0 Å². The van der Waals surface area contributed by atoms with Crippen molar-refractivity contribution in [3.63, 3.8) is 0 Å². The van der Waals surface area contributed by atoms with Crippen molar-refractivity contribution in [1.29, 1.82) is 0 Å². The van der Waals surface area contributed by atoms with Gasteiger partial charge in [-0.25, -0.2) is 0 Å². The Morgan fingerprint density at radius 1 is 1.03 bits per heavy atom. The molecule has 2 aromatic carbocycles. The van der Waals surface area contributed by atoms with Crippen molar-refractivity contribution in [1.82, 2.24) is 4.90 Å². The van der Waals surface area contributed by atoms with Crippen LogP contribution in [0, 0.1) is 0 Å². The maximum atomic E-state index is 13.4. The van der Waals surface area contributed by atoms with Gasteiger partial charge in [0.2, 0.25) is 0 Å². The molecule has 1 amide bonds. The summed E-state index contributed by atoms with van der Waals surface area (Å²) in [5.74, 6) is 0.846. The molecule has 1 aliphatic rings. The number of anilines is 1. The summed E-state index contributed by atoms with van der Waals surface area (Å²) in [6, 6.07) is 10.3. The van der Waals surface area contributed by atoms with Crippen LogP contribution in [0.1, 0.15) is 29.3 Å². The van der Waals surface area contributed by atoms with Crippen LogP contribution >= 0.6 is 0 Å². The number of hydrogen-bond donors (Lipinski definition) is 1. The summed E-state index contributed by atoms with van der Waals surface area (Å²) in [5.41, 5.74) is 8.56. The molecule has 8 nitrogen and oxygen atoms in total. The number of hydrogen-bond acceptors (Lipinski definition) is 7. The van der Waals surface area contributed by atoms with Crippen LogP contribution in [0.3, 0.4) is 0 Å². The number of carbonyl (C=O) groups is 2. The van der Waals surface area contributed by atoms with Crippen molar-refractivity contribution in [3.05, 3.63) is 53.7 Å². The van der Waals surface area contributed by atoms with Crippen LogP contribution < -0.4 is 19.9 Å². The molecule has 0 aromatic heterocycles. The second-order valence-corrected chi connectivity index (χ2v) is 7.05. The molecule has 3 rings (SSSR count). The van der Waals surface area contributed by atoms with E-state index in [1.165, 1.54) is 21.1 Å². The molecule has 0 bridgehead atoms. The van der Waals surface area contributed by atoms with Gasteiger partial charge in [-0.15, -0.1) is 0 Å². The molecule has 164 valence electrons. The molecule has 2 N–H and O–H groups in total. The topological polar surface area (TPSA) is 100 Å². The van der Waals surface area contributed by atoms with Gasteiger partial charge in [0, 0.05) is 24.9 Å². The lowest BCUT2D eigenvalue weighted by Gasteiger charge is -2.24. The zero-order valence-corrected chi connectivity index (χ0v) is 18.0. The molecular formula is C23H26N2O6. The minimum atomic E-state index is -0.407. The van der Waals surface area contributed by atoms with E-state index in [-0.39, 0.29) is 29.8 Å². The smallest absolute Gasteiger partial charge is 0.302 e. The number of carbonyl (C=O) groups excluding carboxylic acids is 2. The highest BCUT2D eigenvalue weighted by atomic mass is 16.5. The van der Waals surface area contributed by atoms with Crippen LogP contribution in [0.5, 0.6) is 17.2 Å². The molecule has 0 fully saturated rings. The first-order valence-electron chi connectivity index (χ1n) is 9.70. The third-order valence-electron chi connectivity index (χ3n) is 5.10. The predicted octanol–water partition coefficient (Wildman–Crippen LogP) is 3.11. The van der Waals surface area contributed by atoms with Crippen LogP contribution in [0.25, 0.3) is 5.57 Å². The summed E-state index contributed by atoms with van der Waals surface area (Å²) in [6.45, 7) is 1.41. The molecule has 0 aliphatic carbocycles. The van der Waals surface area contributed by atoms with E-state index in [9.17, 15) is 9.59 Å². The fourth-order valence-corrected chi connectivity index (χ4v) is 3.47. The van der Waals surface area contributed by atoms with E-state index >= 15 is 0 Å². The number of nitrogen functional groups attached to an aromatic ring is 1. The van der Waals surface area contributed by atoms with E-state index in [1.54, 1.807) is 30.3 Å². The molecule has 2 aromatic rings. The van der Waals surface area contributed by atoms with Gasteiger partial charge >= 0.3 is 5.97 Å². The van der Waals surface area contributed by atoms with Crippen molar-refractivity contribution >= 4 is 23.1 Å². The third kappa shape index (κ3) is 4.74. The number of rotatable bonds is 7. The van der Waals surface area contributed by atoms with Gasteiger partial charge in [-0.3, -0.25) is 9.59 Å². The Kier molecular flexibility index (Phi) is 6.69. The largest absolute Gasteiger partial charge is 0.497 e. The van der Waals surface area contributed by atoms with E-state index in [1.807, 2.05) is 24.3 Å². The standard InChI is InChI=1S/C23H26N2O6/c1-14(26)31-13-17-9-16(15-5-7-18(28-2)8-6-15)12-25(17)23(27)19-10-21(29-3)22(30-4)11-20(19)24/h5-8,10-12,17H,9,13,24H2,1-4H3/t17-/m0/s1. The molecule has 1 atom stereocenters. The number of amides is 1. The van der Waals surface area contributed by atoms with Crippen LogP contribution in [-0.2, 0) is 9.53 Å². The Balaban J connectivity index is 1.96. The molecular weight excluding hydrogens is 400 g/mol. The average molecular weight is 426 g/mol. The van der Waals surface area contributed by atoms with Crippen molar-refractivity contribution in [2.45, 2.75) is 19.4 Å². The Morgan fingerprint density at radius 3 is 2.26 bits per heavy atom. The van der Waals surface area contributed by atoms with E-state index < -0.39 is 5.97 Å². The van der Waals surface area contributed by atoms with Crippen LogP contribution in [0.15, 0.2) is 42.6 Å². The molecule has 0 radical (unpaired) electrons. The highest BCUT2D eigenvalue weighted by molar-refractivity contribution is 6.02.